The lowest BCUT2D eigenvalue weighted by atomic mass is 10.2. The van der Waals surface area contributed by atoms with E-state index in [1.165, 1.54) is 5.56 Å². The molecule has 0 saturated carbocycles. The monoisotopic (exact) mass is 230 g/mol. The van der Waals surface area contributed by atoms with Gasteiger partial charge in [-0.05, 0) is 25.5 Å². The van der Waals surface area contributed by atoms with Gasteiger partial charge in [0.05, 0.1) is 0 Å². The van der Waals surface area contributed by atoms with E-state index >= 15 is 0 Å². The third-order valence-electron chi connectivity index (χ3n) is 2.16. The Kier molecular flexibility index (Phi) is 5.86. The molecule has 2 radical (unpaired) electrons. The van der Waals surface area contributed by atoms with Crippen molar-refractivity contribution in [2.45, 2.75) is 19.8 Å². The van der Waals surface area contributed by atoms with Crippen LogP contribution in [0.15, 0.2) is 29.3 Å². The van der Waals surface area contributed by atoms with Crippen LogP contribution in [0.25, 0.3) is 0 Å². The van der Waals surface area contributed by atoms with Gasteiger partial charge < -0.3 is 9.97 Å². The van der Waals surface area contributed by atoms with Crippen molar-refractivity contribution in [2.75, 3.05) is 11.9 Å². The van der Waals surface area contributed by atoms with Crippen molar-refractivity contribution in [1.29, 1.82) is 0 Å². The molecule has 0 bridgehead atoms. The first-order valence-corrected chi connectivity index (χ1v) is 5.42. The number of amides is 1. The molecule has 0 saturated heterocycles. The Morgan fingerprint density at radius 2 is 2.18 bits per heavy atom. The number of aliphatic imine (C=N–C) groups is 1. The molecular formula is C12H15BN2O2. The molecule has 5 heteroatoms. The number of anilines is 1. The second-order valence-corrected chi connectivity index (χ2v) is 3.67. The summed E-state index contributed by atoms with van der Waals surface area (Å²) in [5, 5.41) is 2.81. The second-order valence-electron chi connectivity index (χ2n) is 3.67. The maximum atomic E-state index is 11.5. The summed E-state index contributed by atoms with van der Waals surface area (Å²) in [6.07, 6.45) is 2.26. The Morgan fingerprint density at radius 1 is 1.47 bits per heavy atom. The van der Waals surface area contributed by atoms with Gasteiger partial charge in [-0.15, -0.1) is 0 Å². The van der Waals surface area contributed by atoms with Crippen LogP contribution in [0.4, 0.5) is 5.69 Å². The van der Waals surface area contributed by atoms with Gasteiger partial charge in [-0.3, -0.25) is 9.79 Å². The summed E-state index contributed by atoms with van der Waals surface area (Å²) in [5.74, 6) is -0.0160. The zero-order valence-corrected chi connectivity index (χ0v) is 9.85. The summed E-state index contributed by atoms with van der Waals surface area (Å²) in [6, 6.07) is 7.68. The molecule has 17 heavy (non-hydrogen) atoms. The normalized spacial score (nSPS) is 10.4. The predicted molar refractivity (Wildman–Crippen MR) is 69.2 cm³/mol. The van der Waals surface area contributed by atoms with E-state index in [0.29, 0.717) is 19.4 Å². The van der Waals surface area contributed by atoms with Gasteiger partial charge in [0.25, 0.3) is 0 Å². The number of carbonyl (C=O) groups is 1. The molecule has 0 aliphatic heterocycles. The predicted octanol–water partition coefficient (Wildman–Crippen LogP) is 1.84. The van der Waals surface area contributed by atoms with Crippen LogP contribution >= 0.6 is 0 Å². The van der Waals surface area contributed by atoms with Crippen molar-refractivity contribution in [2.24, 2.45) is 4.99 Å². The van der Waals surface area contributed by atoms with E-state index in [2.05, 4.69) is 15.0 Å². The smallest absolute Gasteiger partial charge is 0.375 e. The molecule has 1 rings (SSSR count). The van der Waals surface area contributed by atoms with Gasteiger partial charge in [0.2, 0.25) is 5.91 Å². The maximum absolute atomic E-state index is 11.5. The molecule has 0 fully saturated rings. The zero-order valence-electron chi connectivity index (χ0n) is 9.85. The SMILES string of the molecule is [B]OC=NCCCC(=O)Nc1ccc(C)cc1. The molecular weight excluding hydrogens is 215 g/mol. The molecule has 1 N–H and O–H groups in total. The van der Waals surface area contributed by atoms with Crippen LogP contribution in [0.2, 0.25) is 0 Å². The summed E-state index contributed by atoms with van der Waals surface area (Å²) in [6.45, 7) is 2.53. The molecule has 0 atom stereocenters. The maximum Gasteiger partial charge on any atom is 0.375 e. The molecule has 0 heterocycles. The highest BCUT2D eigenvalue weighted by atomic mass is 16.4. The van der Waals surface area contributed by atoms with Gasteiger partial charge in [-0.25, -0.2) is 0 Å². The fourth-order valence-corrected chi connectivity index (χ4v) is 1.29. The number of carbonyl (C=O) groups excluding carboxylic acids is 1. The van der Waals surface area contributed by atoms with E-state index in [-0.39, 0.29) is 5.91 Å². The average Bonchev–Trinajstić information content (AvgIpc) is 2.32. The van der Waals surface area contributed by atoms with Crippen LogP contribution in [-0.4, -0.2) is 26.9 Å². The minimum Gasteiger partial charge on any atom is -0.560 e. The molecule has 0 aliphatic rings. The van der Waals surface area contributed by atoms with Gasteiger partial charge in [-0.1, -0.05) is 17.7 Å². The highest BCUT2D eigenvalue weighted by molar-refractivity contribution is 6.02. The average molecular weight is 230 g/mol. The standard InChI is InChI=1S/C12H15BN2O2/c1-10-4-6-11(7-5-10)15-12(16)3-2-8-14-9-17-13/h4-7,9H,2-3,8H2,1H3,(H,15,16). The number of nitrogens with zero attached hydrogens (tertiary/aromatic N) is 1. The van der Waals surface area contributed by atoms with Crippen LogP contribution < -0.4 is 5.32 Å². The molecule has 0 spiro atoms. The Labute approximate surface area is 103 Å². The van der Waals surface area contributed by atoms with Crippen molar-refractivity contribution in [3.05, 3.63) is 29.8 Å². The first-order chi connectivity index (χ1) is 8.22. The minimum absolute atomic E-state index is 0.0160. The Balaban J connectivity index is 2.25. The van der Waals surface area contributed by atoms with E-state index < -0.39 is 0 Å². The summed E-state index contributed by atoms with van der Waals surface area (Å²) >= 11 is 0. The van der Waals surface area contributed by atoms with Gasteiger partial charge in [-0.2, -0.15) is 0 Å². The summed E-state index contributed by atoms with van der Waals surface area (Å²) < 4.78 is 4.16. The van der Waals surface area contributed by atoms with E-state index in [1.54, 1.807) is 0 Å². The zero-order chi connectivity index (χ0) is 12.5. The number of benzene rings is 1. The van der Waals surface area contributed by atoms with E-state index in [1.807, 2.05) is 31.2 Å². The third-order valence-corrected chi connectivity index (χ3v) is 2.16. The quantitative estimate of drug-likeness (QED) is 0.351. The molecule has 0 unspecified atom stereocenters. The lowest BCUT2D eigenvalue weighted by molar-refractivity contribution is -0.116. The fraction of sp³-hybridized carbons (Fsp3) is 0.333. The highest BCUT2D eigenvalue weighted by Crippen LogP contribution is 2.09. The summed E-state index contributed by atoms with van der Waals surface area (Å²) in [4.78, 5) is 15.3. The Bertz CT molecular complexity index is 377. The first-order valence-electron chi connectivity index (χ1n) is 5.42. The number of aryl methyl sites for hydroxylation is 1. The van der Waals surface area contributed by atoms with E-state index in [0.717, 1.165) is 12.1 Å². The number of nitrogens with one attached hydrogen (secondary N) is 1. The molecule has 4 nitrogen and oxygen atoms in total. The fourth-order valence-electron chi connectivity index (χ4n) is 1.29. The number of hydrogen-bond donors (Lipinski definition) is 1. The van der Waals surface area contributed by atoms with Gasteiger partial charge in [0, 0.05) is 18.7 Å². The largest absolute Gasteiger partial charge is 0.560 e. The summed E-state index contributed by atoms with van der Waals surface area (Å²) in [5.41, 5.74) is 1.98. The van der Waals surface area contributed by atoms with Crippen LogP contribution in [0.1, 0.15) is 18.4 Å². The molecule has 1 amide bonds. The van der Waals surface area contributed by atoms with E-state index in [4.69, 9.17) is 8.05 Å². The van der Waals surface area contributed by atoms with Crippen molar-refractivity contribution in [3.8, 4) is 0 Å². The molecule has 0 aliphatic carbocycles. The van der Waals surface area contributed by atoms with Gasteiger partial charge in [0.15, 0.2) is 0 Å². The number of hydrogen-bond acceptors (Lipinski definition) is 3. The lowest BCUT2D eigenvalue weighted by Crippen LogP contribution is -2.11. The van der Waals surface area contributed by atoms with Crippen molar-refractivity contribution in [1.82, 2.24) is 0 Å². The summed E-state index contributed by atoms with van der Waals surface area (Å²) in [7, 11) is 4.76. The third kappa shape index (κ3) is 5.75. The second kappa shape index (κ2) is 7.49. The van der Waals surface area contributed by atoms with Crippen molar-refractivity contribution >= 4 is 26.0 Å². The van der Waals surface area contributed by atoms with Crippen molar-refractivity contribution in [3.63, 3.8) is 0 Å². The number of rotatable bonds is 6. The molecule has 1 aromatic rings. The van der Waals surface area contributed by atoms with Crippen molar-refractivity contribution < 1.29 is 9.45 Å². The highest BCUT2D eigenvalue weighted by Gasteiger charge is 2.01. The molecule has 0 aromatic heterocycles. The van der Waals surface area contributed by atoms with Crippen LogP contribution in [-0.2, 0) is 9.45 Å². The topological polar surface area (TPSA) is 50.7 Å². The lowest BCUT2D eigenvalue weighted by Gasteiger charge is -2.04. The van der Waals surface area contributed by atoms with Crippen LogP contribution in [0, 0.1) is 6.92 Å². The van der Waals surface area contributed by atoms with Crippen LogP contribution in [0.3, 0.4) is 0 Å². The van der Waals surface area contributed by atoms with Crippen LogP contribution in [0.5, 0.6) is 0 Å². The molecule has 88 valence electrons. The van der Waals surface area contributed by atoms with Gasteiger partial charge >= 0.3 is 8.05 Å². The Morgan fingerprint density at radius 3 is 2.82 bits per heavy atom. The molecule has 1 aromatic carbocycles. The Hall–Kier alpha value is -1.78. The van der Waals surface area contributed by atoms with Gasteiger partial charge in [0.1, 0.15) is 6.40 Å². The first kappa shape index (κ1) is 13.3. The minimum atomic E-state index is -0.0160. The van der Waals surface area contributed by atoms with E-state index in [9.17, 15) is 4.79 Å².